The van der Waals surface area contributed by atoms with Crippen molar-refractivity contribution in [2.45, 2.75) is 16.7 Å². The van der Waals surface area contributed by atoms with Crippen LogP contribution in [0, 0.1) is 6.92 Å². The molecule has 3 nitrogen and oxygen atoms in total. The molecule has 4 heteroatoms. The Morgan fingerprint density at radius 3 is 2.33 bits per heavy atom. The summed E-state index contributed by atoms with van der Waals surface area (Å²) in [4.78, 5) is 1.06. The highest BCUT2D eigenvalue weighted by molar-refractivity contribution is 7.85. The second kappa shape index (κ2) is 5.23. The van der Waals surface area contributed by atoms with E-state index in [-0.39, 0.29) is 5.75 Å². The zero-order valence-electron chi connectivity index (χ0n) is 10.2. The second-order valence-corrected chi connectivity index (χ2v) is 5.36. The lowest BCUT2D eigenvalue weighted by atomic mass is 10.2. The molecule has 18 heavy (non-hydrogen) atoms. The minimum Gasteiger partial charge on any atom is -0.507 e. The van der Waals surface area contributed by atoms with Crippen LogP contribution in [0.2, 0.25) is 0 Å². The number of rotatable bonds is 3. The SMILES string of the molecule is COc1ccc(S(=O)c2ccc(C)cc2)c(O)c1. The maximum absolute atomic E-state index is 12.3. The predicted molar refractivity (Wildman–Crippen MR) is 70.5 cm³/mol. The van der Waals surface area contributed by atoms with E-state index in [9.17, 15) is 9.32 Å². The van der Waals surface area contributed by atoms with Gasteiger partial charge in [-0.2, -0.15) is 0 Å². The van der Waals surface area contributed by atoms with Gasteiger partial charge in [-0.1, -0.05) is 17.7 Å². The number of ether oxygens (including phenoxy) is 1. The highest BCUT2D eigenvalue weighted by atomic mass is 32.2. The Morgan fingerprint density at radius 2 is 1.78 bits per heavy atom. The van der Waals surface area contributed by atoms with Crippen molar-refractivity contribution in [1.82, 2.24) is 0 Å². The van der Waals surface area contributed by atoms with Crippen LogP contribution < -0.4 is 4.74 Å². The molecule has 0 aromatic heterocycles. The smallest absolute Gasteiger partial charge is 0.135 e. The molecule has 94 valence electrons. The topological polar surface area (TPSA) is 46.5 Å². The summed E-state index contributed by atoms with van der Waals surface area (Å²) in [5, 5.41) is 9.84. The van der Waals surface area contributed by atoms with E-state index < -0.39 is 10.8 Å². The minimum absolute atomic E-state index is 0.0201. The maximum atomic E-state index is 12.3. The molecule has 0 spiro atoms. The number of benzene rings is 2. The third-order valence-electron chi connectivity index (χ3n) is 2.60. The summed E-state index contributed by atoms with van der Waals surface area (Å²) in [6.07, 6.45) is 0. The van der Waals surface area contributed by atoms with Crippen molar-refractivity contribution >= 4 is 10.8 Å². The van der Waals surface area contributed by atoms with Gasteiger partial charge in [-0.3, -0.25) is 0 Å². The van der Waals surface area contributed by atoms with Crippen molar-refractivity contribution < 1.29 is 14.1 Å². The average Bonchev–Trinajstić information content (AvgIpc) is 2.38. The van der Waals surface area contributed by atoms with E-state index in [4.69, 9.17) is 4.74 Å². The highest BCUT2D eigenvalue weighted by Gasteiger charge is 2.12. The molecule has 1 N–H and O–H groups in total. The first-order valence-electron chi connectivity index (χ1n) is 5.47. The fraction of sp³-hybridized carbons (Fsp3) is 0.143. The molecule has 2 aromatic carbocycles. The molecule has 0 bridgehead atoms. The summed E-state index contributed by atoms with van der Waals surface area (Å²) in [6.45, 7) is 1.97. The molecule has 0 saturated heterocycles. The van der Waals surface area contributed by atoms with Crippen molar-refractivity contribution in [2.75, 3.05) is 7.11 Å². The molecule has 2 rings (SSSR count). The van der Waals surface area contributed by atoms with E-state index in [2.05, 4.69) is 0 Å². The third-order valence-corrected chi connectivity index (χ3v) is 4.05. The summed E-state index contributed by atoms with van der Waals surface area (Å²) in [6, 6.07) is 12.2. The van der Waals surface area contributed by atoms with Crippen LogP contribution in [0.4, 0.5) is 0 Å². The number of aromatic hydroxyl groups is 1. The van der Waals surface area contributed by atoms with E-state index in [1.807, 2.05) is 19.1 Å². The Labute approximate surface area is 109 Å². The Hall–Kier alpha value is -1.81. The van der Waals surface area contributed by atoms with Crippen LogP contribution in [-0.4, -0.2) is 16.4 Å². The van der Waals surface area contributed by atoms with Crippen molar-refractivity contribution in [1.29, 1.82) is 0 Å². The number of methoxy groups -OCH3 is 1. The molecule has 0 heterocycles. The molecule has 0 fully saturated rings. The summed E-state index contributed by atoms with van der Waals surface area (Å²) in [5.41, 5.74) is 1.11. The van der Waals surface area contributed by atoms with E-state index in [1.165, 1.54) is 13.2 Å². The molecule has 0 radical (unpaired) electrons. The van der Waals surface area contributed by atoms with Crippen LogP contribution in [0.15, 0.2) is 52.3 Å². The van der Waals surface area contributed by atoms with Gasteiger partial charge < -0.3 is 9.84 Å². The second-order valence-electron chi connectivity index (χ2n) is 3.92. The fourth-order valence-electron chi connectivity index (χ4n) is 1.57. The number of aryl methyl sites for hydroxylation is 1. The number of hydrogen-bond acceptors (Lipinski definition) is 3. The molecule has 1 unspecified atom stereocenters. The number of hydrogen-bond donors (Lipinski definition) is 1. The molecule has 1 atom stereocenters. The van der Waals surface area contributed by atoms with Crippen molar-refractivity contribution in [3.05, 3.63) is 48.0 Å². The van der Waals surface area contributed by atoms with Gasteiger partial charge in [0.05, 0.1) is 22.8 Å². The standard InChI is InChI=1S/C14H14O3S/c1-10-3-6-12(7-4-10)18(16)14-8-5-11(17-2)9-13(14)15/h3-9,15H,1-2H3. The van der Waals surface area contributed by atoms with Gasteiger partial charge in [-0.25, -0.2) is 4.21 Å². The first kappa shape index (κ1) is 12.6. The Morgan fingerprint density at radius 1 is 1.11 bits per heavy atom. The lowest BCUT2D eigenvalue weighted by molar-refractivity contribution is 0.405. The maximum Gasteiger partial charge on any atom is 0.135 e. The summed E-state index contributed by atoms with van der Waals surface area (Å²) in [5.74, 6) is 0.519. The number of phenols is 1. The lowest BCUT2D eigenvalue weighted by Gasteiger charge is -2.07. The number of phenolic OH excluding ortho intramolecular Hbond substituents is 1. The zero-order valence-corrected chi connectivity index (χ0v) is 11.0. The van der Waals surface area contributed by atoms with Crippen molar-refractivity contribution in [2.24, 2.45) is 0 Å². The quantitative estimate of drug-likeness (QED) is 0.925. The van der Waals surface area contributed by atoms with Crippen LogP contribution in [0.5, 0.6) is 11.5 Å². The fourth-order valence-corrected chi connectivity index (χ4v) is 2.65. The third kappa shape index (κ3) is 2.54. The van der Waals surface area contributed by atoms with Gasteiger partial charge in [0, 0.05) is 11.0 Å². The lowest BCUT2D eigenvalue weighted by Crippen LogP contribution is -1.94. The average molecular weight is 262 g/mol. The molecular weight excluding hydrogens is 248 g/mol. The van der Waals surface area contributed by atoms with E-state index in [0.717, 1.165) is 5.56 Å². The monoisotopic (exact) mass is 262 g/mol. The van der Waals surface area contributed by atoms with Crippen LogP contribution in [0.25, 0.3) is 0 Å². The van der Waals surface area contributed by atoms with Crippen LogP contribution in [0.3, 0.4) is 0 Å². The van der Waals surface area contributed by atoms with Crippen molar-refractivity contribution in [3.8, 4) is 11.5 Å². The van der Waals surface area contributed by atoms with E-state index in [1.54, 1.807) is 24.3 Å². The predicted octanol–water partition coefficient (Wildman–Crippen LogP) is 2.88. The minimum atomic E-state index is -1.38. The van der Waals surface area contributed by atoms with E-state index in [0.29, 0.717) is 15.5 Å². The first-order chi connectivity index (χ1) is 8.61. The molecule has 0 amide bonds. The van der Waals surface area contributed by atoms with Gasteiger partial charge >= 0.3 is 0 Å². The Balaban J connectivity index is 2.37. The van der Waals surface area contributed by atoms with E-state index >= 15 is 0 Å². The van der Waals surface area contributed by atoms with Crippen LogP contribution in [-0.2, 0) is 10.8 Å². The van der Waals surface area contributed by atoms with Gasteiger partial charge in [0.1, 0.15) is 11.5 Å². The Kier molecular flexibility index (Phi) is 3.67. The Bertz CT molecular complexity index is 576. The van der Waals surface area contributed by atoms with Crippen LogP contribution >= 0.6 is 0 Å². The first-order valence-corrected chi connectivity index (χ1v) is 6.62. The van der Waals surface area contributed by atoms with Gasteiger partial charge in [0.15, 0.2) is 0 Å². The van der Waals surface area contributed by atoms with Gasteiger partial charge in [-0.15, -0.1) is 0 Å². The van der Waals surface area contributed by atoms with Gasteiger partial charge in [0.2, 0.25) is 0 Å². The van der Waals surface area contributed by atoms with Gasteiger partial charge in [0.25, 0.3) is 0 Å². The molecule has 0 aliphatic rings. The van der Waals surface area contributed by atoms with Gasteiger partial charge in [-0.05, 0) is 31.2 Å². The molecule has 2 aromatic rings. The normalized spacial score (nSPS) is 12.1. The molecule has 0 saturated carbocycles. The summed E-state index contributed by atoms with van der Waals surface area (Å²) >= 11 is 0. The van der Waals surface area contributed by atoms with Crippen molar-refractivity contribution in [3.63, 3.8) is 0 Å². The summed E-state index contributed by atoms with van der Waals surface area (Å²) in [7, 11) is 0.137. The molecule has 0 aliphatic carbocycles. The summed E-state index contributed by atoms with van der Waals surface area (Å²) < 4.78 is 17.3. The highest BCUT2D eigenvalue weighted by Crippen LogP contribution is 2.29. The zero-order chi connectivity index (χ0) is 13.1. The van der Waals surface area contributed by atoms with Crippen LogP contribution in [0.1, 0.15) is 5.56 Å². The molecule has 0 aliphatic heterocycles. The molecular formula is C14H14O3S. The largest absolute Gasteiger partial charge is 0.507 e.